The molecular weight excluding hydrogens is 397 g/mol. The standard InChI is InChI=1S/C20H29ClFN5O2/c1-23-20(25-17-12-14(17)19-15(21)4-3-5-16(19)22)27-9-7-26(8-10-27)13-18(28)24-6-11-29-2/h3-5,14,17H,6-13H2,1-2H3,(H,23,25)(H,24,28). The first-order valence-corrected chi connectivity index (χ1v) is 10.3. The molecule has 1 aliphatic carbocycles. The molecule has 29 heavy (non-hydrogen) atoms. The van der Waals surface area contributed by atoms with Crippen LogP contribution in [0.1, 0.15) is 17.9 Å². The molecule has 1 aromatic carbocycles. The molecule has 0 bridgehead atoms. The Kier molecular flexibility index (Phi) is 7.69. The molecule has 1 aliphatic heterocycles. The number of nitrogens with zero attached hydrogens (tertiary/aromatic N) is 3. The number of aliphatic imine (C=N–C) groups is 1. The summed E-state index contributed by atoms with van der Waals surface area (Å²) < 4.78 is 19.1. The van der Waals surface area contributed by atoms with Gasteiger partial charge in [-0.05, 0) is 18.6 Å². The molecule has 1 heterocycles. The minimum atomic E-state index is -0.251. The predicted molar refractivity (Wildman–Crippen MR) is 112 cm³/mol. The maximum absolute atomic E-state index is 14.1. The summed E-state index contributed by atoms with van der Waals surface area (Å²) in [4.78, 5) is 20.6. The van der Waals surface area contributed by atoms with Crippen molar-refractivity contribution in [2.75, 3.05) is 60.0 Å². The minimum Gasteiger partial charge on any atom is -0.383 e. The van der Waals surface area contributed by atoms with Crippen LogP contribution in [0.5, 0.6) is 0 Å². The normalized spacial score (nSPS) is 22.5. The Morgan fingerprint density at radius 1 is 1.34 bits per heavy atom. The molecule has 0 aromatic heterocycles. The molecule has 1 saturated heterocycles. The number of rotatable bonds is 7. The van der Waals surface area contributed by atoms with Crippen LogP contribution in [-0.4, -0.2) is 87.7 Å². The topological polar surface area (TPSA) is 69.2 Å². The van der Waals surface area contributed by atoms with Crippen LogP contribution >= 0.6 is 11.6 Å². The summed E-state index contributed by atoms with van der Waals surface area (Å²) in [5, 5.41) is 6.76. The summed E-state index contributed by atoms with van der Waals surface area (Å²) >= 11 is 6.19. The number of methoxy groups -OCH3 is 1. The van der Waals surface area contributed by atoms with E-state index in [0.717, 1.165) is 38.6 Å². The number of carbonyl (C=O) groups excluding carboxylic acids is 1. The molecule has 2 N–H and O–H groups in total. The summed E-state index contributed by atoms with van der Waals surface area (Å²) in [7, 11) is 3.37. The molecule has 2 unspecified atom stereocenters. The third-order valence-corrected chi connectivity index (χ3v) is 5.68. The highest BCUT2D eigenvalue weighted by Crippen LogP contribution is 2.44. The van der Waals surface area contributed by atoms with Crippen molar-refractivity contribution < 1.29 is 13.9 Å². The predicted octanol–water partition coefficient (Wildman–Crippen LogP) is 1.29. The van der Waals surface area contributed by atoms with E-state index in [1.807, 2.05) is 0 Å². The van der Waals surface area contributed by atoms with Gasteiger partial charge < -0.3 is 20.3 Å². The number of nitrogens with one attached hydrogen (secondary N) is 2. The molecule has 160 valence electrons. The number of guanidine groups is 1. The van der Waals surface area contributed by atoms with Gasteiger partial charge in [-0.1, -0.05) is 17.7 Å². The molecule has 1 aromatic rings. The molecule has 2 fully saturated rings. The zero-order valence-electron chi connectivity index (χ0n) is 17.0. The molecule has 9 heteroatoms. The van der Waals surface area contributed by atoms with Gasteiger partial charge in [-0.3, -0.25) is 14.7 Å². The Morgan fingerprint density at radius 3 is 2.76 bits per heavy atom. The number of halogens is 2. The van der Waals surface area contributed by atoms with Gasteiger partial charge in [-0.2, -0.15) is 0 Å². The van der Waals surface area contributed by atoms with E-state index in [-0.39, 0.29) is 23.7 Å². The van der Waals surface area contributed by atoms with Crippen molar-refractivity contribution in [1.29, 1.82) is 0 Å². The lowest BCUT2D eigenvalue weighted by molar-refractivity contribution is -0.122. The molecule has 1 amide bonds. The van der Waals surface area contributed by atoms with Gasteiger partial charge in [0.15, 0.2) is 5.96 Å². The number of amides is 1. The highest BCUT2D eigenvalue weighted by molar-refractivity contribution is 6.31. The van der Waals surface area contributed by atoms with Gasteiger partial charge in [0.2, 0.25) is 5.91 Å². The molecule has 3 rings (SSSR count). The molecule has 2 atom stereocenters. The molecule has 7 nitrogen and oxygen atoms in total. The highest BCUT2D eigenvalue weighted by atomic mass is 35.5. The summed E-state index contributed by atoms with van der Waals surface area (Å²) in [6, 6.07) is 4.94. The van der Waals surface area contributed by atoms with E-state index in [1.54, 1.807) is 26.3 Å². The van der Waals surface area contributed by atoms with Crippen LogP contribution in [-0.2, 0) is 9.53 Å². The average Bonchev–Trinajstić information content (AvgIpc) is 3.45. The Morgan fingerprint density at radius 2 is 2.10 bits per heavy atom. The second-order valence-corrected chi connectivity index (χ2v) is 7.79. The van der Waals surface area contributed by atoms with Crippen molar-refractivity contribution in [3.05, 3.63) is 34.6 Å². The van der Waals surface area contributed by atoms with Crippen LogP contribution < -0.4 is 10.6 Å². The zero-order valence-corrected chi connectivity index (χ0v) is 17.7. The maximum atomic E-state index is 14.1. The largest absolute Gasteiger partial charge is 0.383 e. The molecule has 1 saturated carbocycles. The summed E-state index contributed by atoms with van der Waals surface area (Å²) in [5.41, 5.74) is 0.589. The SMILES string of the molecule is CN=C(NC1CC1c1c(F)cccc1Cl)N1CCN(CC(=O)NCCOC)CC1. The molecule has 2 aliphatic rings. The van der Waals surface area contributed by atoms with Crippen LogP contribution in [0.3, 0.4) is 0 Å². The first kappa shape index (κ1) is 21.8. The lowest BCUT2D eigenvalue weighted by Crippen LogP contribution is -2.54. The molecule has 0 radical (unpaired) electrons. The number of carbonyl (C=O) groups is 1. The summed E-state index contributed by atoms with van der Waals surface area (Å²) in [6.07, 6.45) is 0.835. The second-order valence-electron chi connectivity index (χ2n) is 7.38. The number of benzene rings is 1. The van der Waals surface area contributed by atoms with Gasteiger partial charge in [0.25, 0.3) is 0 Å². The lowest BCUT2D eigenvalue weighted by atomic mass is 10.1. The van der Waals surface area contributed by atoms with Crippen LogP contribution in [0.15, 0.2) is 23.2 Å². The van der Waals surface area contributed by atoms with Gasteiger partial charge in [-0.25, -0.2) is 4.39 Å². The second kappa shape index (κ2) is 10.2. The van der Waals surface area contributed by atoms with Gasteiger partial charge in [0, 0.05) is 69.4 Å². The van der Waals surface area contributed by atoms with Crippen molar-refractivity contribution in [3.8, 4) is 0 Å². The fourth-order valence-corrected chi connectivity index (χ4v) is 3.97. The minimum absolute atomic E-state index is 0.0144. The van der Waals surface area contributed by atoms with Crippen LogP contribution in [0, 0.1) is 5.82 Å². The van der Waals surface area contributed by atoms with Crippen LogP contribution in [0.2, 0.25) is 5.02 Å². The third kappa shape index (κ3) is 5.81. The average molecular weight is 426 g/mol. The van der Waals surface area contributed by atoms with E-state index in [2.05, 4.69) is 25.4 Å². The van der Waals surface area contributed by atoms with E-state index in [1.165, 1.54) is 6.07 Å². The number of ether oxygens (including phenoxy) is 1. The Hall–Kier alpha value is -1.90. The molecule has 0 spiro atoms. The van der Waals surface area contributed by atoms with Gasteiger partial charge >= 0.3 is 0 Å². The van der Waals surface area contributed by atoms with Crippen molar-refractivity contribution in [3.63, 3.8) is 0 Å². The number of hydrogen-bond donors (Lipinski definition) is 2. The summed E-state index contributed by atoms with van der Waals surface area (Å²) in [6.45, 7) is 4.56. The van der Waals surface area contributed by atoms with E-state index >= 15 is 0 Å². The van der Waals surface area contributed by atoms with Crippen molar-refractivity contribution in [2.24, 2.45) is 4.99 Å². The van der Waals surface area contributed by atoms with Gasteiger partial charge in [-0.15, -0.1) is 0 Å². The van der Waals surface area contributed by atoms with Crippen molar-refractivity contribution in [1.82, 2.24) is 20.4 Å². The number of hydrogen-bond acceptors (Lipinski definition) is 4. The van der Waals surface area contributed by atoms with Crippen LogP contribution in [0.4, 0.5) is 4.39 Å². The number of piperazine rings is 1. The smallest absolute Gasteiger partial charge is 0.234 e. The van der Waals surface area contributed by atoms with E-state index in [0.29, 0.717) is 30.3 Å². The van der Waals surface area contributed by atoms with Crippen LogP contribution in [0.25, 0.3) is 0 Å². The van der Waals surface area contributed by atoms with Crippen molar-refractivity contribution in [2.45, 2.75) is 18.4 Å². The Balaban J connectivity index is 1.45. The quantitative estimate of drug-likeness (QED) is 0.391. The first-order valence-electron chi connectivity index (χ1n) is 9.93. The van der Waals surface area contributed by atoms with E-state index in [9.17, 15) is 9.18 Å². The van der Waals surface area contributed by atoms with Gasteiger partial charge in [0.05, 0.1) is 13.2 Å². The third-order valence-electron chi connectivity index (χ3n) is 5.35. The van der Waals surface area contributed by atoms with E-state index < -0.39 is 0 Å². The Labute approximate surface area is 176 Å². The van der Waals surface area contributed by atoms with E-state index in [4.69, 9.17) is 16.3 Å². The van der Waals surface area contributed by atoms with Gasteiger partial charge in [0.1, 0.15) is 5.82 Å². The fraction of sp³-hybridized carbons (Fsp3) is 0.600. The lowest BCUT2D eigenvalue weighted by Gasteiger charge is -2.36. The zero-order chi connectivity index (χ0) is 20.8. The Bertz CT molecular complexity index is 719. The monoisotopic (exact) mass is 425 g/mol. The first-order chi connectivity index (χ1) is 14.0. The molecular formula is C20H29ClFN5O2. The maximum Gasteiger partial charge on any atom is 0.234 e. The fourth-order valence-electron chi connectivity index (χ4n) is 3.67. The summed E-state index contributed by atoms with van der Waals surface area (Å²) in [5.74, 6) is 0.645. The van der Waals surface area contributed by atoms with Crippen molar-refractivity contribution >= 4 is 23.5 Å². The highest BCUT2D eigenvalue weighted by Gasteiger charge is 2.42.